The van der Waals surface area contributed by atoms with Crippen LogP contribution < -0.4 is 0 Å². The van der Waals surface area contributed by atoms with Crippen LogP contribution in [0.3, 0.4) is 0 Å². The second kappa shape index (κ2) is 6.06. The molecule has 0 fully saturated rings. The first kappa shape index (κ1) is 8.93. The largest absolute Gasteiger partial charge is 0.248 e. The number of alkyl halides is 1. The van der Waals surface area contributed by atoms with Gasteiger partial charge in [0.05, 0.1) is 6.17 Å². The van der Waals surface area contributed by atoms with Crippen LogP contribution in [0, 0.1) is 0 Å². The molecule has 0 saturated carbocycles. The zero-order valence-corrected chi connectivity index (χ0v) is 6.49. The van der Waals surface area contributed by atoms with Crippen LogP contribution in [-0.4, -0.2) is 6.17 Å². The van der Waals surface area contributed by atoms with Crippen LogP contribution in [0.4, 0.5) is 4.39 Å². The van der Waals surface area contributed by atoms with Gasteiger partial charge in [-0.2, -0.15) is 0 Å². The molecular formula is C8H17F. The van der Waals surface area contributed by atoms with Crippen molar-refractivity contribution in [2.24, 2.45) is 0 Å². The van der Waals surface area contributed by atoms with Crippen molar-refractivity contribution in [3.8, 4) is 0 Å². The molecule has 0 nitrogen and oxygen atoms in total. The van der Waals surface area contributed by atoms with Gasteiger partial charge in [0.25, 0.3) is 0 Å². The maximum Gasteiger partial charge on any atom is 0.0973 e. The lowest BCUT2D eigenvalue weighted by Gasteiger charge is -1.99. The highest BCUT2D eigenvalue weighted by Gasteiger charge is 1.95. The summed E-state index contributed by atoms with van der Waals surface area (Å²) in [6.07, 6.45) is 4.91. The Balaban J connectivity index is 2.75. The molecule has 1 atom stereocenters. The minimum Gasteiger partial charge on any atom is -0.248 e. The molecule has 0 aliphatic carbocycles. The Morgan fingerprint density at radius 2 is 1.89 bits per heavy atom. The van der Waals surface area contributed by atoms with Gasteiger partial charge in [0.2, 0.25) is 0 Å². The number of rotatable bonds is 5. The fraction of sp³-hybridized carbons (Fsp3) is 1.00. The average molecular weight is 132 g/mol. The lowest BCUT2D eigenvalue weighted by Crippen LogP contribution is -1.90. The fourth-order valence-corrected chi connectivity index (χ4v) is 0.852. The summed E-state index contributed by atoms with van der Waals surface area (Å²) in [6, 6.07) is 0. The Hall–Kier alpha value is -0.0700. The van der Waals surface area contributed by atoms with Crippen LogP contribution in [0.5, 0.6) is 0 Å². The molecule has 0 aromatic rings. The number of hydrogen-bond donors (Lipinski definition) is 0. The van der Waals surface area contributed by atoms with Crippen LogP contribution in [0.2, 0.25) is 0 Å². The third kappa shape index (κ3) is 7.93. The van der Waals surface area contributed by atoms with Gasteiger partial charge in [-0.05, 0) is 13.3 Å². The molecule has 1 heteroatoms. The standard InChI is InChI=1S/C8H17F/c1-3-4-5-6-7-8(2)9/h8H,3-7H2,1-2H3/t8-/m1/s1. The molecule has 0 radical (unpaired) electrons. The number of hydrogen-bond acceptors (Lipinski definition) is 0. The second-order valence-electron chi connectivity index (χ2n) is 2.63. The highest BCUT2D eigenvalue weighted by atomic mass is 19.1. The summed E-state index contributed by atoms with van der Waals surface area (Å²) in [4.78, 5) is 0. The summed E-state index contributed by atoms with van der Waals surface area (Å²) in [6.45, 7) is 3.80. The van der Waals surface area contributed by atoms with E-state index < -0.39 is 6.17 Å². The highest BCUT2D eigenvalue weighted by molar-refractivity contribution is 4.47. The topological polar surface area (TPSA) is 0 Å². The van der Waals surface area contributed by atoms with E-state index in [4.69, 9.17) is 0 Å². The van der Waals surface area contributed by atoms with Gasteiger partial charge in [-0.1, -0.05) is 32.6 Å². The first-order chi connectivity index (χ1) is 4.27. The van der Waals surface area contributed by atoms with Gasteiger partial charge in [0.1, 0.15) is 0 Å². The quantitative estimate of drug-likeness (QED) is 0.503. The molecule has 0 spiro atoms. The van der Waals surface area contributed by atoms with E-state index in [2.05, 4.69) is 6.92 Å². The van der Waals surface area contributed by atoms with E-state index in [0.29, 0.717) is 0 Å². The van der Waals surface area contributed by atoms with Crippen molar-refractivity contribution in [3.05, 3.63) is 0 Å². The Labute approximate surface area is 57.5 Å². The monoisotopic (exact) mass is 132 g/mol. The van der Waals surface area contributed by atoms with Crippen molar-refractivity contribution in [2.45, 2.75) is 52.1 Å². The molecule has 0 rings (SSSR count). The lowest BCUT2D eigenvalue weighted by atomic mass is 10.1. The van der Waals surface area contributed by atoms with Crippen molar-refractivity contribution in [1.82, 2.24) is 0 Å². The first-order valence-electron chi connectivity index (χ1n) is 3.91. The van der Waals surface area contributed by atoms with Crippen LogP contribution in [0.25, 0.3) is 0 Å². The molecule has 56 valence electrons. The normalized spacial score (nSPS) is 13.7. The summed E-state index contributed by atoms with van der Waals surface area (Å²) >= 11 is 0. The molecule has 0 N–H and O–H groups in total. The van der Waals surface area contributed by atoms with Crippen LogP contribution in [-0.2, 0) is 0 Å². The predicted octanol–water partition coefficient (Wildman–Crippen LogP) is 3.31. The van der Waals surface area contributed by atoms with Crippen LogP contribution in [0.15, 0.2) is 0 Å². The van der Waals surface area contributed by atoms with E-state index in [9.17, 15) is 4.39 Å². The molecule has 0 bridgehead atoms. The minimum absolute atomic E-state index is 0.596. The zero-order chi connectivity index (χ0) is 7.11. The van der Waals surface area contributed by atoms with Gasteiger partial charge in [0.15, 0.2) is 0 Å². The SMILES string of the molecule is CCCCCC[C@@H](C)F. The zero-order valence-electron chi connectivity index (χ0n) is 6.49. The van der Waals surface area contributed by atoms with Crippen LogP contribution in [0.1, 0.15) is 46.0 Å². The molecule has 0 aliphatic heterocycles. The summed E-state index contributed by atoms with van der Waals surface area (Å²) < 4.78 is 12.1. The van der Waals surface area contributed by atoms with E-state index in [-0.39, 0.29) is 0 Å². The Bertz CT molecular complexity index is 50.5. The van der Waals surface area contributed by atoms with Gasteiger partial charge in [0, 0.05) is 0 Å². The van der Waals surface area contributed by atoms with Crippen molar-refractivity contribution < 1.29 is 4.39 Å². The van der Waals surface area contributed by atoms with Gasteiger partial charge in [-0.25, -0.2) is 4.39 Å². The summed E-state index contributed by atoms with van der Waals surface area (Å²) in [5.74, 6) is 0. The van der Waals surface area contributed by atoms with E-state index in [1.54, 1.807) is 6.92 Å². The fourth-order valence-electron chi connectivity index (χ4n) is 0.852. The third-order valence-electron chi connectivity index (χ3n) is 1.46. The Morgan fingerprint density at radius 1 is 1.22 bits per heavy atom. The lowest BCUT2D eigenvalue weighted by molar-refractivity contribution is 0.330. The number of halogens is 1. The minimum atomic E-state index is -0.596. The molecule has 9 heavy (non-hydrogen) atoms. The molecule has 0 amide bonds. The predicted molar refractivity (Wildman–Crippen MR) is 39.3 cm³/mol. The van der Waals surface area contributed by atoms with Crippen molar-refractivity contribution in [1.29, 1.82) is 0 Å². The average Bonchev–Trinajstić information content (AvgIpc) is 1.80. The van der Waals surface area contributed by atoms with E-state index in [1.807, 2.05) is 0 Å². The summed E-state index contributed by atoms with van der Waals surface area (Å²) in [5.41, 5.74) is 0. The molecule has 0 saturated heterocycles. The van der Waals surface area contributed by atoms with Crippen LogP contribution >= 0.6 is 0 Å². The first-order valence-corrected chi connectivity index (χ1v) is 3.91. The van der Waals surface area contributed by atoms with Gasteiger partial charge >= 0.3 is 0 Å². The Morgan fingerprint density at radius 3 is 2.33 bits per heavy atom. The summed E-state index contributed by atoms with van der Waals surface area (Å²) in [5, 5.41) is 0. The van der Waals surface area contributed by atoms with E-state index >= 15 is 0 Å². The molecular weight excluding hydrogens is 115 g/mol. The second-order valence-corrected chi connectivity index (χ2v) is 2.63. The Kier molecular flexibility index (Phi) is 6.01. The maximum atomic E-state index is 12.1. The third-order valence-corrected chi connectivity index (χ3v) is 1.46. The van der Waals surface area contributed by atoms with Crippen molar-refractivity contribution >= 4 is 0 Å². The van der Waals surface area contributed by atoms with Crippen molar-refractivity contribution in [2.75, 3.05) is 0 Å². The molecule has 0 aromatic carbocycles. The maximum absolute atomic E-state index is 12.1. The van der Waals surface area contributed by atoms with E-state index in [1.165, 1.54) is 19.3 Å². The molecule has 0 aromatic heterocycles. The highest BCUT2D eigenvalue weighted by Crippen LogP contribution is 2.06. The smallest absolute Gasteiger partial charge is 0.0973 e. The molecule has 0 unspecified atom stereocenters. The van der Waals surface area contributed by atoms with Crippen molar-refractivity contribution in [3.63, 3.8) is 0 Å². The number of unbranched alkanes of at least 4 members (excludes halogenated alkanes) is 3. The molecule has 0 heterocycles. The molecule has 0 aliphatic rings. The summed E-state index contributed by atoms with van der Waals surface area (Å²) in [7, 11) is 0. The van der Waals surface area contributed by atoms with E-state index in [0.717, 1.165) is 12.8 Å². The van der Waals surface area contributed by atoms with Gasteiger partial charge < -0.3 is 0 Å². The van der Waals surface area contributed by atoms with Gasteiger partial charge in [-0.15, -0.1) is 0 Å². The van der Waals surface area contributed by atoms with Gasteiger partial charge in [-0.3, -0.25) is 0 Å².